The normalized spacial score (nSPS) is 10.6. The summed E-state index contributed by atoms with van der Waals surface area (Å²) < 4.78 is 5.39. The third kappa shape index (κ3) is 6.34. The maximum absolute atomic E-state index is 13.3. The Morgan fingerprint density at radius 3 is 2.31 bits per heavy atom. The zero-order valence-corrected chi connectivity index (χ0v) is 21.4. The third-order valence-electron chi connectivity index (χ3n) is 5.83. The zero-order valence-electron chi connectivity index (χ0n) is 21.4. The number of aromatic nitrogens is 3. The van der Waals surface area contributed by atoms with Crippen molar-refractivity contribution in [2.24, 2.45) is 0 Å². The van der Waals surface area contributed by atoms with Crippen LogP contribution in [0.2, 0.25) is 0 Å². The number of ether oxygens (including phenoxy) is 1. The molecule has 0 radical (unpaired) electrons. The Kier molecular flexibility index (Phi) is 7.40. The number of amides is 2. The second-order valence-corrected chi connectivity index (χ2v) is 8.85. The Balaban J connectivity index is 1.38. The van der Waals surface area contributed by atoms with Gasteiger partial charge in [-0.25, -0.2) is 9.97 Å². The smallest absolute Gasteiger partial charge is 0.256 e. The number of nitrogens with zero attached hydrogens (tertiary/aromatic N) is 3. The first-order valence-electron chi connectivity index (χ1n) is 12.3. The number of para-hydroxylation sites is 2. The molecule has 5 aromatic rings. The van der Waals surface area contributed by atoms with E-state index in [2.05, 4.69) is 25.9 Å². The highest BCUT2D eigenvalue weighted by Gasteiger charge is 2.15. The van der Waals surface area contributed by atoms with Crippen molar-refractivity contribution in [3.63, 3.8) is 0 Å². The molecule has 194 valence electrons. The molecule has 0 atom stereocenters. The van der Waals surface area contributed by atoms with Crippen molar-refractivity contribution in [3.05, 3.63) is 108 Å². The summed E-state index contributed by atoms with van der Waals surface area (Å²) in [6.07, 6.45) is 1.77. The number of methoxy groups -OCH3 is 1. The van der Waals surface area contributed by atoms with E-state index >= 15 is 0 Å². The van der Waals surface area contributed by atoms with Crippen LogP contribution in [-0.4, -0.2) is 33.9 Å². The molecule has 2 amide bonds. The van der Waals surface area contributed by atoms with Crippen molar-refractivity contribution in [2.75, 3.05) is 23.1 Å². The third-order valence-corrected chi connectivity index (χ3v) is 5.83. The van der Waals surface area contributed by atoms with Gasteiger partial charge in [0.05, 0.1) is 24.6 Å². The molecule has 0 saturated heterocycles. The molecule has 9 nitrogen and oxygen atoms in total. The summed E-state index contributed by atoms with van der Waals surface area (Å²) in [7, 11) is 1.61. The van der Waals surface area contributed by atoms with Gasteiger partial charge in [0, 0.05) is 34.9 Å². The van der Waals surface area contributed by atoms with Crippen LogP contribution in [0, 0.1) is 6.92 Å². The van der Waals surface area contributed by atoms with Gasteiger partial charge in [0.2, 0.25) is 5.91 Å². The van der Waals surface area contributed by atoms with Gasteiger partial charge in [-0.1, -0.05) is 24.3 Å². The van der Waals surface area contributed by atoms with Crippen LogP contribution in [0.5, 0.6) is 5.75 Å². The van der Waals surface area contributed by atoms with Crippen LogP contribution in [0.4, 0.5) is 23.0 Å². The summed E-state index contributed by atoms with van der Waals surface area (Å²) >= 11 is 0. The number of benzene rings is 3. The minimum atomic E-state index is -0.398. The van der Waals surface area contributed by atoms with Crippen molar-refractivity contribution < 1.29 is 14.3 Å². The van der Waals surface area contributed by atoms with E-state index in [0.29, 0.717) is 39.5 Å². The van der Waals surface area contributed by atoms with Crippen LogP contribution in [0.1, 0.15) is 21.6 Å². The molecule has 0 aliphatic carbocycles. The Bertz CT molecular complexity index is 1660. The van der Waals surface area contributed by atoms with E-state index in [1.54, 1.807) is 49.7 Å². The highest BCUT2D eigenvalue weighted by atomic mass is 16.5. The number of carbonyl (C=O) groups is 2. The van der Waals surface area contributed by atoms with Gasteiger partial charge in [-0.2, -0.15) is 0 Å². The molecule has 2 heterocycles. The van der Waals surface area contributed by atoms with Crippen molar-refractivity contribution in [2.45, 2.75) is 13.3 Å². The zero-order chi connectivity index (χ0) is 27.2. The van der Waals surface area contributed by atoms with Gasteiger partial charge in [-0.15, -0.1) is 0 Å². The number of hydrogen-bond donors (Lipinski definition) is 3. The van der Waals surface area contributed by atoms with Gasteiger partial charge >= 0.3 is 0 Å². The fourth-order valence-corrected chi connectivity index (χ4v) is 4.04. The van der Waals surface area contributed by atoms with E-state index in [-0.39, 0.29) is 18.1 Å². The minimum absolute atomic E-state index is 0.128. The minimum Gasteiger partial charge on any atom is -0.497 e. The lowest BCUT2D eigenvalue weighted by Crippen LogP contribution is -2.17. The number of pyridine rings is 1. The first kappa shape index (κ1) is 25.3. The van der Waals surface area contributed by atoms with Gasteiger partial charge in [-0.05, 0) is 67.1 Å². The van der Waals surface area contributed by atoms with Crippen LogP contribution >= 0.6 is 0 Å². The van der Waals surface area contributed by atoms with Crippen molar-refractivity contribution >= 4 is 45.9 Å². The maximum Gasteiger partial charge on any atom is 0.256 e. The number of rotatable bonds is 8. The second kappa shape index (κ2) is 11.4. The lowest BCUT2D eigenvalue weighted by molar-refractivity contribution is -0.115. The Labute approximate surface area is 225 Å². The summed E-state index contributed by atoms with van der Waals surface area (Å²) in [6.45, 7) is 1.96. The summed E-state index contributed by atoms with van der Waals surface area (Å²) in [4.78, 5) is 39.3. The topological polar surface area (TPSA) is 118 Å². The summed E-state index contributed by atoms with van der Waals surface area (Å²) in [5, 5.41) is 8.96. The highest BCUT2D eigenvalue weighted by Crippen LogP contribution is 2.28. The Morgan fingerprint density at radius 2 is 1.56 bits per heavy atom. The average molecular weight is 519 g/mol. The standard InChI is InChI=1S/C30H26N6O3/c1-19-14-23(17-24(15-19)39-2)33-28-29(35-26-12-4-3-11-25(26)34-28)36-30(38)20-8-7-10-22(16-20)32-27(37)18-21-9-5-6-13-31-21/h3-17H,18H2,1-2H3,(H,32,37)(H,33,34)(H,35,36,38). The molecule has 3 aromatic carbocycles. The first-order chi connectivity index (χ1) is 19.0. The SMILES string of the molecule is COc1cc(C)cc(Nc2nc3ccccc3nc2NC(=O)c2cccc(NC(=O)Cc3ccccn3)c2)c1. The van der Waals surface area contributed by atoms with Crippen molar-refractivity contribution in [3.8, 4) is 5.75 Å². The number of hydrogen-bond acceptors (Lipinski definition) is 7. The number of carbonyl (C=O) groups excluding carboxylic acids is 2. The molecular formula is C30H26N6O3. The molecule has 39 heavy (non-hydrogen) atoms. The molecule has 3 N–H and O–H groups in total. The number of aryl methyl sites for hydroxylation is 1. The molecule has 0 bridgehead atoms. The van der Waals surface area contributed by atoms with Crippen LogP contribution in [0.15, 0.2) is 91.1 Å². The maximum atomic E-state index is 13.3. The molecule has 0 fully saturated rings. The quantitative estimate of drug-likeness (QED) is 0.248. The Morgan fingerprint density at radius 1 is 0.795 bits per heavy atom. The second-order valence-electron chi connectivity index (χ2n) is 8.85. The monoisotopic (exact) mass is 518 g/mol. The summed E-state index contributed by atoms with van der Waals surface area (Å²) in [5.41, 5.74) is 4.56. The first-order valence-corrected chi connectivity index (χ1v) is 12.3. The number of fused-ring (bicyclic) bond motifs is 1. The molecule has 9 heteroatoms. The molecule has 5 rings (SSSR count). The fourth-order valence-electron chi connectivity index (χ4n) is 4.04. The van der Waals surface area contributed by atoms with Gasteiger partial charge in [-0.3, -0.25) is 14.6 Å². The van der Waals surface area contributed by atoms with Gasteiger partial charge in [0.1, 0.15) is 5.75 Å². The molecule has 0 aliphatic heterocycles. The predicted molar refractivity (Wildman–Crippen MR) is 152 cm³/mol. The van der Waals surface area contributed by atoms with Crippen molar-refractivity contribution in [1.82, 2.24) is 15.0 Å². The van der Waals surface area contributed by atoms with E-state index in [0.717, 1.165) is 11.3 Å². The Hall–Kier alpha value is -5.31. The van der Waals surface area contributed by atoms with E-state index < -0.39 is 5.91 Å². The summed E-state index contributed by atoms with van der Waals surface area (Å²) in [5.74, 6) is 0.717. The lowest BCUT2D eigenvalue weighted by Gasteiger charge is -2.14. The van der Waals surface area contributed by atoms with Gasteiger partial charge in [0.25, 0.3) is 5.91 Å². The van der Waals surface area contributed by atoms with Gasteiger partial charge < -0.3 is 20.7 Å². The van der Waals surface area contributed by atoms with Crippen LogP contribution in [0.25, 0.3) is 11.0 Å². The van der Waals surface area contributed by atoms with Crippen LogP contribution in [0.3, 0.4) is 0 Å². The van der Waals surface area contributed by atoms with Crippen LogP contribution in [-0.2, 0) is 11.2 Å². The molecular weight excluding hydrogens is 492 g/mol. The van der Waals surface area contributed by atoms with E-state index in [4.69, 9.17) is 9.72 Å². The molecule has 2 aromatic heterocycles. The van der Waals surface area contributed by atoms with Gasteiger partial charge in [0.15, 0.2) is 11.6 Å². The number of anilines is 4. The summed E-state index contributed by atoms with van der Waals surface area (Å²) in [6, 6.07) is 25.2. The van der Waals surface area contributed by atoms with Crippen molar-refractivity contribution in [1.29, 1.82) is 0 Å². The molecule has 0 unspecified atom stereocenters. The largest absolute Gasteiger partial charge is 0.497 e. The predicted octanol–water partition coefficient (Wildman–Crippen LogP) is 5.52. The fraction of sp³-hybridized carbons (Fsp3) is 0.100. The number of nitrogens with one attached hydrogen (secondary N) is 3. The van der Waals surface area contributed by atoms with E-state index in [1.165, 1.54) is 0 Å². The van der Waals surface area contributed by atoms with E-state index in [9.17, 15) is 9.59 Å². The highest BCUT2D eigenvalue weighted by molar-refractivity contribution is 6.06. The lowest BCUT2D eigenvalue weighted by atomic mass is 10.1. The molecule has 0 spiro atoms. The molecule has 0 saturated carbocycles. The molecule has 0 aliphatic rings. The van der Waals surface area contributed by atoms with Crippen LogP contribution < -0.4 is 20.7 Å². The average Bonchev–Trinajstić information content (AvgIpc) is 2.93. The van der Waals surface area contributed by atoms with E-state index in [1.807, 2.05) is 55.5 Å².